The van der Waals surface area contributed by atoms with Crippen molar-refractivity contribution in [2.75, 3.05) is 0 Å². The quantitative estimate of drug-likeness (QED) is 0.188. The predicted molar refractivity (Wildman–Crippen MR) is 140 cm³/mol. The zero-order chi connectivity index (χ0) is 25.7. The molecule has 0 N–H and O–H groups in total. The molecule has 0 rings (SSSR count). The molecule has 33 heavy (non-hydrogen) atoms. The van der Waals surface area contributed by atoms with Crippen LogP contribution >= 0.6 is 0 Å². The summed E-state index contributed by atoms with van der Waals surface area (Å²) in [6.45, 7) is 27.6. The Hall–Kier alpha value is -1.77. The highest BCUT2D eigenvalue weighted by Gasteiger charge is 2.18. The van der Waals surface area contributed by atoms with Crippen LogP contribution in [0.4, 0.5) is 13.2 Å². The van der Waals surface area contributed by atoms with E-state index in [0.717, 1.165) is 56.6 Å². The van der Waals surface area contributed by atoms with E-state index in [1.807, 2.05) is 13.8 Å². The van der Waals surface area contributed by atoms with Gasteiger partial charge in [-0.1, -0.05) is 80.7 Å². The molecular weight excluding hydrogens is 417 g/mol. The van der Waals surface area contributed by atoms with Gasteiger partial charge in [-0.15, -0.1) is 0 Å². The molecule has 0 aromatic carbocycles. The first kappa shape index (κ1) is 31.2. The molecule has 0 aliphatic heterocycles. The van der Waals surface area contributed by atoms with Gasteiger partial charge in [0, 0.05) is 0 Å². The highest BCUT2D eigenvalue weighted by molar-refractivity contribution is 5.32. The van der Waals surface area contributed by atoms with E-state index >= 15 is 0 Å². The Kier molecular flexibility index (Phi) is 15.1. The summed E-state index contributed by atoms with van der Waals surface area (Å²) in [6.07, 6.45) is 9.65. The van der Waals surface area contributed by atoms with Gasteiger partial charge in [0.2, 0.25) is 0 Å². The molecule has 0 fully saturated rings. The summed E-state index contributed by atoms with van der Waals surface area (Å²) in [5.74, 6) is -0.933. The Bertz CT molecular complexity index is 725. The molecule has 188 valence electrons. The molecule has 0 aromatic heterocycles. The van der Waals surface area contributed by atoms with Crippen LogP contribution in [0.15, 0.2) is 72.7 Å². The summed E-state index contributed by atoms with van der Waals surface area (Å²) in [7, 11) is 0. The minimum atomic E-state index is -1.07. The Morgan fingerprint density at radius 1 is 0.636 bits per heavy atom. The lowest BCUT2D eigenvalue weighted by molar-refractivity contribution is 0.308. The van der Waals surface area contributed by atoms with Gasteiger partial charge in [-0.05, 0) is 90.6 Å². The van der Waals surface area contributed by atoms with Crippen molar-refractivity contribution in [3.05, 3.63) is 72.7 Å². The molecule has 0 aromatic rings. The van der Waals surface area contributed by atoms with Gasteiger partial charge >= 0.3 is 0 Å². The lowest BCUT2D eigenvalue weighted by Gasteiger charge is -2.24. The molecule has 0 amide bonds. The first-order chi connectivity index (χ1) is 15.3. The van der Waals surface area contributed by atoms with Crippen molar-refractivity contribution >= 4 is 0 Å². The summed E-state index contributed by atoms with van der Waals surface area (Å²) >= 11 is 0. The van der Waals surface area contributed by atoms with E-state index in [2.05, 4.69) is 54.0 Å². The average molecular weight is 465 g/mol. The average Bonchev–Trinajstić information content (AvgIpc) is 2.77. The largest absolute Gasteiger partial charge is 0.207 e. The van der Waals surface area contributed by atoms with Gasteiger partial charge in [0.1, 0.15) is 5.83 Å². The van der Waals surface area contributed by atoms with Gasteiger partial charge in [0.15, 0.2) is 11.7 Å². The molecule has 0 heterocycles. The first-order valence-corrected chi connectivity index (χ1v) is 12.5. The molecule has 5 atom stereocenters. The van der Waals surface area contributed by atoms with Crippen LogP contribution in [0.1, 0.15) is 86.5 Å². The van der Waals surface area contributed by atoms with Crippen molar-refractivity contribution in [3.8, 4) is 0 Å². The van der Waals surface area contributed by atoms with Gasteiger partial charge in [0.05, 0.1) is 0 Å². The van der Waals surface area contributed by atoms with Gasteiger partial charge in [0.25, 0.3) is 0 Å². The summed E-state index contributed by atoms with van der Waals surface area (Å²) in [5.41, 5.74) is 1.95. The Labute approximate surface area is 202 Å². The molecule has 0 saturated heterocycles. The Balaban J connectivity index is 4.61. The summed E-state index contributed by atoms with van der Waals surface area (Å²) < 4.78 is 40.9. The molecule has 0 aliphatic carbocycles. The Morgan fingerprint density at radius 2 is 1.06 bits per heavy atom. The minimum Gasteiger partial charge on any atom is -0.207 e. The van der Waals surface area contributed by atoms with E-state index in [9.17, 15) is 13.2 Å². The van der Waals surface area contributed by atoms with E-state index in [1.165, 1.54) is 0 Å². The zero-order valence-corrected chi connectivity index (χ0v) is 22.0. The molecule has 0 radical (unpaired) electrons. The highest BCUT2D eigenvalue weighted by Crippen LogP contribution is 2.31. The van der Waals surface area contributed by atoms with Crippen LogP contribution in [0.25, 0.3) is 0 Å². The molecule has 0 spiro atoms. The lowest BCUT2D eigenvalue weighted by Crippen LogP contribution is -2.12. The maximum absolute atomic E-state index is 14.7. The van der Waals surface area contributed by atoms with Gasteiger partial charge in [-0.2, -0.15) is 0 Å². The van der Waals surface area contributed by atoms with Crippen molar-refractivity contribution in [2.24, 2.45) is 29.6 Å². The number of unbranched alkanes of at least 4 members (excludes halogenated alkanes) is 1. The molecule has 0 nitrogen and oxygen atoms in total. The van der Waals surface area contributed by atoms with E-state index in [0.29, 0.717) is 23.0 Å². The van der Waals surface area contributed by atoms with Gasteiger partial charge < -0.3 is 0 Å². The van der Waals surface area contributed by atoms with Gasteiger partial charge in [-0.3, -0.25) is 0 Å². The predicted octanol–water partition coefficient (Wildman–Crippen LogP) is 10.8. The van der Waals surface area contributed by atoms with Crippen LogP contribution in [-0.4, -0.2) is 0 Å². The van der Waals surface area contributed by atoms with Crippen LogP contribution in [-0.2, 0) is 0 Å². The molecule has 5 unspecified atom stereocenters. The first-order valence-electron chi connectivity index (χ1n) is 12.5. The maximum Gasteiger partial charge on any atom is 0.158 e. The lowest BCUT2D eigenvalue weighted by atomic mass is 9.82. The second-order valence-corrected chi connectivity index (χ2v) is 10.0. The third kappa shape index (κ3) is 12.3. The van der Waals surface area contributed by atoms with E-state index < -0.39 is 11.7 Å². The summed E-state index contributed by atoms with van der Waals surface area (Å²) in [4.78, 5) is 0. The third-order valence-electron chi connectivity index (χ3n) is 7.12. The van der Waals surface area contributed by atoms with Crippen molar-refractivity contribution < 1.29 is 13.2 Å². The normalized spacial score (nSPS) is 17.1. The topological polar surface area (TPSA) is 0 Å². The van der Waals surface area contributed by atoms with Crippen LogP contribution in [0.3, 0.4) is 0 Å². The van der Waals surface area contributed by atoms with Crippen LogP contribution < -0.4 is 0 Å². The third-order valence-corrected chi connectivity index (χ3v) is 7.12. The fraction of sp³-hybridized carbons (Fsp3) is 0.600. The van der Waals surface area contributed by atoms with Crippen LogP contribution in [0, 0.1) is 29.6 Å². The molecule has 0 bridgehead atoms. The number of hydrogen-bond donors (Lipinski definition) is 0. The second kappa shape index (κ2) is 16.0. The number of hydrogen-bond acceptors (Lipinski definition) is 0. The standard InChI is InChI=1S/C30H47F3/c1-11-12-13-20(2)25(7)18-29(32)27(9)24(6)17-16-22(4)21(3)14-15-23(5)26(8)19-30(33)28(10)31/h18-24H,7-17H2,1-6H3/b29-18+,30-19+. The smallest absolute Gasteiger partial charge is 0.158 e. The van der Waals surface area contributed by atoms with Crippen molar-refractivity contribution in [3.63, 3.8) is 0 Å². The number of allylic oxidation sites excluding steroid dienone is 8. The SMILES string of the molecule is C=C(F)/C(F)=C\C(=C)C(C)CCC(C)C(C)CCC(C)C(=C)/C(F)=C\C(=C)C(C)CCCC. The molecule has 0 saturated carbocycles. The number of halogens is 3. The van der Waals surface area contributed by atoms with Crippen molar-refractivity contribution in [1.29, 1.82) is 0 Å². The van der Waals surface area contributed by atoms with Crippen LogP contribution in [0.2, 0.25) is 0 Å². The van der Waals surface area contributed by atoms with Crippen molar-refractivity contribution in [1.82, 2.24) is 0 Å². The second-order valence-electron chi connectivity index (χ2n) is 10.0. The van der Waals surface area contributed by atoms with E-state index in [4.69, 9.17) is 0 Å². The fourth-order valence-electron chi connectivity index (χ4n) is 3.67. The maximum atomic E-state index is 14.7. The van der Waals surface area contributed by atoms with Gasteiger partial charge in [-0.25, -0.2) is 13.2 Å². The monoisotopic (exact) mass is 464 g/mol. The summed E-state index contributed by atoms with van der Waals surface area (Å²) in [5, 5.41) is 0. The van der Waals surface area contributed by atoms with E-state index in [-0.39, 0.29) is 23.6 Å². The minimum absolute atomic E-state index is 0.0651. The molecule has 3 heteroatoms. The van der Waals surface area contributed by atoms with Crippen LogP contribution in [0.5, 0.6) is 0 Å². The Morgan fingerprint density at radius 3 is 1.52 bits per heavy atom. The highest BCUT2D eigenvalue weighted by atomic mass is 19.2. The van der Waals surface area contributed by atoms with E-state index in [1.54, 1.807) is 6.08 Å². The zero-order valence-electron chi connectivity index (χ0n) is 22.0. The molecule has 0 aliphatic rings. The summed E-state index contributed by atoms with van der Waals surface area (Å²) in [6, 6.07) is 0. The van der Waals surface area contributed by atoms with Crippen molar-refractivity contribution in [2.45, 2.75) is 86.5 Å². The molecular formula is C30H47F3. The fourth-order valence-corrected chi connectivity index (χ4v) is 3.67. The number of rotatable bonds is 17.